The van der Waals surface area contributed by atoms with Crippen LogP contribution in [-0.4, -0.2) is 16.7 Å². The predicted molar refractivity (Wildman–Crippen MR) is 67.0 cm³/mol. The SMILES string of the molecule is Cc1ccc(OCCc2sc(=O)[nH]c2O)cc1. The molecule has 4 nitrogen and oxygen atoms in total. The van der Waals surface area contributed by atoms with Gasteiger partial charge in [0.1, 0.15) is 5.75 Å². The molecule has 1 aromatic heterocycles. The zero-order chi connectivity index (χ0) is 12.3. The average Bonchev–Trinajstić information content (AvgIpc) is 2.60. The zero-order valence-corrected chi connectivity index (χ0v) is 10.2. The minimum absolute atomic E-state index is 0.0486. The fourth-order valence-corrected chi connectivity index (χ4v) is 2.12. The number of hydrogen-bond acceptors (Lipinski definition) is 4. The maximum Gasteiger partial charge on any atom is 0.307 e. The van der Waals surface area contributed by atoms with E-state index in [1.807, 2.05) is 31.2 Å². The van der Waals surface area contributed by atoms with Crippen LogP contribution in [0.15, 0.2) is 29.1 Å². The molecule has 0 saturated carbocycles. The van der Waals surface area contributed by atoms with Crippen molar-refractivity contribution in [2.24, 2.45) is 0 Å². The Hall–Kier alpha value is -1.75. The fraction of sp³-hybridized carbons (Fsp3) is 0.250. The molecule has 0 fully saturated rings. The molecule has 0 spiro atoms. The van der Waals surface area contributed by atoms with Gasteiger partial charge in [0.15, 0.2) is 0 Å². The molecule has 0 unspecified atom stereocenters. The molecule has 0 aliphatic carbocycles. The number of ether oxygens (including phenoxy) is 1. The second-order valence-electron chi connectivity index (χ2n) is 3.70. The van der Waals surface area contributed by atoms with Gasteiger partial charge in [-0.25, -0.2) is 0 Å². The first-order valence-electron chi connectivity index (χ1n) is 5.25. The standard InChI is InChI=1S/C12H13NO3S/c1-8-2-4-9(5-3-8)16-7-6-10-11(14)13-12(15)17-10/h2-5,14H,6-7H2,1H3,(H,13,15). The molecule has 90 valence electrons. The lowest BCUT2D eigenvalue weighted by Gasteiger charge is -2.05. The van der Waals surface area contributed by atoms with Crippen molar-refractivity contribution in [1.29, 1.82) is 0 Å². The summed E-state index contributed by atoms with van der Waals surface area (Å²) in [5, 5.41) is 9.36. The van der Waals surface area contributed by atoms with Crippen LogP contribution in [0.4, 0.5) is 0 Å². The van der Waals surface area contributed by atoms with Crippen molar-refractivity contribution in [3.63, 3.8) is 0 Å². The zero-order valence-electron chi connectivity index (χ0n) is 9.40. The number of aromatic amines is 1. The molecular formula is C12H13NO3S. The highest BCUT2D eigenvalue weighted by atomic mass is 32.1. The first-order valence-corrected chi connectivity index (χ1v) is 6.07. The summed E-state index contributed by atoms with van der Waals surface area (Å²) in [6.07, 6.45) is 0.517. The maximum atomic E-state index is 10.9. The molecule has 2 rings (SSSR count). The van der Waals surface area contributed by atoms with Crippen LogP contribution in [-0.2, 0) is 6.42 Å². The summed E-state index contributed by atoms with van der Waals surface area (Å²) >= 11 is 1.01. The lowest BCUT2D eigenvalue weighted by Crippen LogP contribution is -2.00. The van der Waals surface area contributed by atoms with Gasteiger partial charge in [0.25, 0.3) is 0 Å². The Labute approximate surface area is 103 Å². The van der Waals surface area contributed by atoms with Crippen molar-refractivity contribution < 1.29 is 9.84 Å². The summed E-state index contributed by atoms with van der Waals surface area (Å²) in [7, 11) is 0. The lowest BCUT2D eigenvalue weighted by molar-refractivity contribution is 0.320. The molecule has 17 heavy (non-hydrogen) atoms. The van der Waals surface area contributed by atoms with Crippen LogP contribution in [0.25, 0.3) is 0 Å². The van der Waals surface area contributed by atoms with Crippen LogP contribution in [0.5, 0.6) is 11.6 Å². The van der Waals surface area contributed by atoms with E-state index >= 15 is 0 Å². The van der Waals surface area contributed by atoms with E-state index < -0.39 is 0 Å². The molecule has 1 aromatic carbocycles. The molecule has 1 heterocycles. The van der Waals surface area contributed by atoms with Crippen LogP contribution in [0.2, 0.25) is 0 Å². The van der Waals surface area contributed by atoms with Gasteiger partial charge in [0.05, 0.1) is 11.5 Å². The summed E-state index contributed by atoms with van der Waals surface area (Å²) in [6.45, 7) is 2.45. The Bertz CT molecular complexity index is 542. The molecule has 0 aliphatic rings. The summed E-state index contributed by atoms with van der Waals surface area (Å²) in [5.74, 6) is 0.741. The normalized spacial score (nSPS) is 10.4. The number of aryl methyl sites for hydroxylation is 1. The monoisotopic (exact) mass is 251 g/mol. The number of aromatic hydroxyl groups is 1. The van der Waals surface area contributed by atoms with Crippen LogP contribution < -0.4 is 9.61 Å². The van der Waals surface area contributed by atoms with Gasteiger partial charge in [-0.05, 0) is 19.1 Å². The molecule has 0 saturated heterocycles. The van der Waals surface area contributed by atoms with Gasteiger partial charge in [0, 0.05) is 6.42 Å². The highest BCUT2D eigenvalue weighted by Gasteiger charge is 2.06. The average molecular weight is 251 g/mol. The van der Waals surface area contributed by atoms with Gasteiger partial charge < -0.3 is 9.84 Å². The van der Waals surface area contributed by atoms with Gasteiger partial charge in [0.2, 0.25) is 5.88 Å². The Morgan fingerprint density at radius 3 is 2.65 bits per heavy atom. The van der Waals surface area contributed by atoms with E-state index in [4.69, 9.17) is 4.74 Å². The topological polar surface area (TPSA) is 62.3 Å². The van der Waals surface area contributed by atoms with Crippen molar-refractivity contribution in [3.05, 3.63) is 44.4 Å². The minimum Gasteiger partial charge on any atom is -0.494 e. The summed E-state index contributed by atoms with van der Waals surface area (Å²) in [4.78, 5) is 13.7. The Kier molecular flexibility index (Phi) is 3.49. The van der Waals surface area contributed by atoms with E-state index in [-0.39, 0.29) is 10.8 Å². The van der Waals surface area contributed by atoms with E-state index in [2.05, 4.69) is 4.98 Å². The first-order chi connectivity index (χ1) is 8.15. The van der Waals surface area contributed by atoms with Gasteiger partial charge in [-0.2, -0.15) is 0 Å². The van der Waals surface area contributed by atoms with Crippen LogP contribution >= 0.6 is 11.3 Å². The number of rotatable bonds is 4. The number of aromatic nitrogens is 1. The van der Waals surface area contributed by atoms with Crippen molar-refractivity contribution in [2.45, 2.75) is 13.3 Å². The second kappa shape index (κ2) is 5.05. The molecule has 5 heteroatoms. The third kappa shape index (κ3) is 3.10. The third-order valence-corrected chi connectivity index (χ3v) is 3.25. The smallest absolute Gasteiger partial charge is 0.307 e. The number of thiazole rings is 1. The van der Waals surface area contributed by atoms with Gasteiger partial charge >= 0.3 is 4.87 Å². The number of benzene rings is 1. The van der Waals surface area contributed by atoms with Gasteiger partial charge in [-0.15, -0.1) is 0 Å². The Balaban J connectivity index is 1.89. The Morgan fingerprint density at radius 2 is 2.06 bits per heavy atom. The molecule has 0 radical (unpaired) electrons. The lowest BCUT2D eigenvalue weighted by atomic mass is 10.2. The van der Waals surface area contributed by atoms with Crippen molar-refractivity contribution in [3.8, 4) is 11.6 Å². The van der Waals surface area contributed by atoms with E-state index in [0.717, 1.165) is 17.1 Å². The van der Waals surface area contributed by atoms with E-state index in [9.17, 15) is 9.90 Å². The number of nitrogens with one attached hydrogen (secondary N) is 1. The molecule has 0 aliphatic heterocycles. The van der Waals surface area contributed by atoms with Crippen LogP contribution in [0.1, 0.15) is 10.4 Å². The largest absolute Gasteiger partial charge is 0.494 e. The first kappa shape index (κ1) is 11.7. The fourth-order valence-electron chi connectivity index (χ4n) is 1.42. The summed E-state index contributed by atoms with van der Waals surface area (Å²) in [6, 6.07) is 7.74. The van der Waals surface area contributed by atoms with Crippen molar-refractivity contribution >= 4 is 11.3 Å². The number of H-pyrrole nitrogens is 1. The molecule has 0 amide bonds. The van der Waals surface area contributed by atoms with Crippen molar-refractivity contribution in [2.75, 3.05) is 6.61 Å². The molecule has 2 aromatic rings. The van der Waals surface area contributed by atoms with Gasteiger partial charge in [-0.3, -0.25) is 9.78 Å². The number of hydrogen-bond donors (Lipinski definition) is 2. The summed E-state index contributed by atoms with van der Waals surface area (Å²) < 4.78 is 5.51. The van der Waals surface area contributed by atoms with E-state index in [0.29, 0.717) is 17.9 Å². The quantitative estimate of drug-likeness (QED) is 0.874. The van der Waals surface area contributed by atoms with Gasteiger partial charge in [-0.1, -0.05) is 29.0 Å². The summed E-state index contributed by atoms with van der Waals surface area (Å²) in [5.41, 5.74) is 1.18. The third-order valence-electron chi connectivity index (χ3n) is 2.32. The van der Waals surface area contributed by atoms with Crippen LogP contribution in [0, 0.1) is 6.92 Å². The van der Waals surface area contributed by atoms with E-state index in [1.54, 1.807) is 0 Å². The molecular weight excluding hydrogens is 238 g/mol. The van der Waals surface area contributed by atoms with Crippen LogP contribution in [0.3, 0.4) is 0 Å². The van der Waals surface area contributed by atoms with Crippen molar-refractivity contribution in [1.82, 2.24) is 4.98 Å². The Morgan fingerprint density at radius 1 is 1.35 bits per heavy atom. The maximum absolute atomic E-state index is 10.9. The highest BCUT2D eigenvalue weighted by molar-refractivity contribution is 7.09. The minimum atomic E-state index is -0.243. The highest BCUT2D eigenvalue weighted by Crippen LogP contribution is 2.17. The molecule has 0 atom stereocenters. The molecule has 2 N–H and O–H groups in total. The second-order valence-corrected chi connectivity index (χ2v) is 4.77. The van der Waals surface area contributed by atoms with E-state index in [1.165, 1.54) is 5.56 Å². The predicted octanol–water partition coefficient (Wildman–Crippen LogP) is 2.07. The molecule has 0 bridgehead atoms.